The molecule has 0 radical (unpaired) electrons. The van der Waals surface area contributed by atoms with Crippen LogP contribution in [-0.2, 0) is 0 Å². The zero-order valence-corrected chi connectivity index (χ0v) is 19.6. The molecule has 0 bridgehead atoms. The van der Waals surface area contributed by atoms with E-state index in [1.54, 1.807) is 48.8 Å². The summed E-state index contributed by atoms with van der Waals surface area (Å²) in [5.74, 6) is 0.781. The summed E-state index contributed by atoms with van der Waals surface area (Å²) >= 11 is 0. The number of anilines is 1. The second kappa shape index (κ2) is 12.6. The van der Waals surface area contributed by atoms with Crippen LogP contribution in [0.3, 0.4) is 0 Å². The Labute approximate surface area is 197 Å². The van der Waals surface area contributed by atoms with Crippen LogP contribution in [0.5, 0.6) is 5.75 Å². The number of ether oxygens (including phenoxy) is 1. The Morgan fingerprint density at radius 1 is 1.29 bits per heavy atom. The van der Waals surface area contributed by atoms with Gasteiger partial charge < -0.3 is 25.4 Å². The summed E-state index contributed by atoms with van der Waals surface area (Å²) in [5.41, 5.74) is 1.41. The predicted molar refractivity (Wildman–Crippen MR) is 127 cm³/mol. The first kappa shape index (κ1) is 25.1. The lowest BCUT2D eigenvalue weighted by Gasteiger charge is -2.22. The number of hydrogen-bond acceptors (Lipinski definition) is 5. The number of guanidine groups is 1. The van der Waals surface area contributed by atoms with Crippen molar-refractivity contribution in [2.45, 2.75) is 32.1 Å². The fourth-order valence-corrected chi connectivity index (χ4v) is 3.39. The number of nitrogens with zero attached hydrogens (tertiary/aromatic N) is 3. The fourth-order valence-electron chi connectivity index (χ4n) is 3.39. The highest BCUT2D eigenvalue weighted by atomic mass is 127. The summed E-state index contributed by atoms with van der Waals surface area (Å²) in [6.45, 7) is 1.33. The molecule has 2 unspecified atom stereocenters. The number of pyridine rings is 1. The van der Waals surface area contributed by atoms with E-state index in [0.29, 0.717) is 31.3 Å². The molecule has 10 heteroatoms. The fraction of sp³-hybridized carbons (Fsp3) is 0.429. The van der Waals surface area contributed by atoms with E-state index in [0.717, 1.165) is 12.0 Å². The smallest absolute Gasteiger partial charge is 0.387 e. The summed E-state index contributed by atoms with van der Waals surface area (Å²) in [4.78, 5) is 10.5. The number of aliphatic hydroxyl groups excluding tert-OH is 1. The van der Waals surface area contributed by atoms with E-state index < -0.39 is 12.7 Å². The molecule has 2 atom stereocenters. The topological polar surface area (TPSA) is 82.0 Å². The molecule has 1 fully saturated rings. The zero-order chi connectivity index (χ0) is 21.3. The molecule has 1 saturated heterocycles. The van der Waals surface area contributed by atoms with Gasteiger partial charge in [0.1, 0.15) is 5.75 Å². The second-order valence-corrected chi connectivity index (χ2v) is 6.94. The number of nitrogens with one attached hydrogen (secondary N) is 2. The van der Waals surface area contributed by atoms with Gasteiger partial charge in [0, 0.05) is 38.1 Å². The van der Waals surface area contributed by atoms with E-state index in [1.807, 2.05) is 11.8 Å². The van der Waals surface area contributed by atoms with Gasteiger partial charge in [0.15, 0.2) is 5.96 Å². The van der Waals surface area contributed by atoms with Gasteiger partial charge in [-0.2, -0.15) is 8.78 Å². The van der Waals surface area contributed by atoms with Gasteiger partial charge in [-0.25, -0.2) is 0 Å². The predicted octanol–water partition coefficient (Wildman–Crippen LogP) is 3.17. The molecule has 0 aliphatic carbocycles. The first-order chi connectivity index (χ1) is 14.6. The molecule has 3 N–H and O–H groups in total. The molecule has 170 valence electrons. The van der Waals surface area contributed by atoms with E-state index in [2.05, 4.69) is 25.3 Å². The number of alkyl halides is 2. The van der Waals surface area contributed by atoms with Crippen LogP contribution in [0.25, 0.3) is 0 Å². The lowest BCUT2D eigenvalue weighted by molar-refractivity contribution is -0.0495. The average Bonchev–Trinajstić information content (AvgIpc) is 3.21. The largest absolute Gasteiger partial charge is 0.433 e. The minimum atomic E-state index is -2.86. The molecule has 7 nitrogen and oxygen atoms in total. The number of aliphatic hydroxyl groups is 1. The van der Waals surface area contributed by atoms with E-state index >= 15 is 0 Å². The summed E-state index contributed by atoms with van der Waals surface area (Å²) in [6, 6.07) is 10.4. The Morgan fingerprint density at radius 2 is 2.03 bits per heavy atom. The Hall–Kier alpha value is -2.21. The van der Waals surface area contributed by atoms with Crippen molar-refractivity contribution in [3.8, 4) is 5.75 Å². The van der Waals surface area contributed by atoms with Crippen LogP contribution < -0.4 is 20.3 Å². The standard InChI is InChI=1S/C21H27F2N5O2.HI/c1-2-25-21(26-13-18(29)15-7-10-24-11-8-15)27-16-9-12-28(14-16)17-5-3-4-6-19(17)30-20(22)23;/h3-8,10-11,16,18,20,29H,2,9,12-14H2,1H3,(H2,25,26,27);1H. The van der Waals surface area contributed by atoms with Crippen molar-refractivity contribution in [2.24, 2.45) is 4.99 Å². The van der Waals surface area contributed by atoms with Crippen molar-refractivity contribution in [3.05, 3.63) is 54.4 Å². The lowest BCUT2D eigenvalue weighted by atomic mass is 10.1. The van der Waals surface area contributed by atoms with Gasteiger partial charge in [-0.15, -0.1) is 24.0 Å². The van der Waals surface area contributed by atoms with Crippen molar-refractivity contribution in [1.82, 2.24) is 15.6 Å². The van der Waals surface area contributed by atoms with E-state index in [9.17, 15) is 13.9 Å². The molecule has 0 saturated carbocycles. The molecule has 2 aromatic rings. The summed E-state index contributed by atoms with van der Waals surface area (Å²) in [7, 11) is 0. The Balaban J connectivity index is 0.00000341. The van der Waals surface area contributed by atoms with E-state index in [1.165, 1.54) is 0 Å². The number of rotatable bonds is 8. The molecular weight excluding hydrogens is 519 g/mol. The third-order valence-corrected chi connectivity index (χ3v) is 4.81. The van der Waals surface area contributed by atoms with Gasteiger partial charge in [-0.3, -0.25) is 9.98 Å². The maximum absolute atomic E-state index is 12.7. The molecule has 31 heavy (non-hydrogen) atoms. The molecule has 3 rings (SSSR count). The number of benzene rings is 1. The normalized spacial score (nSPS) is 17.3. The van der Waals surface area contributed by atoms with E-state index in [4.69, 9.17) is 0 Å². The number of para-hydroxylation sites is 2. The number of halogens is 3. The highest BCUT2D eigenvalue weighted by Gasteiger charge is 2.26. The highest BCUT2D eigenvalue weighted by molar-refractivity contribution is 14.0. The summed E-state index contributed by atoms with van der Waals surface area (Å²) in [5, 5.41) is 16.9. The molecule has 1 aromatic carbocycles. The minimum absolute atomic E-state index is 0. The van der Waals surface area contributed by atoms with Crippen molar-refractivity contribution in [3.63, 3.8) is 0 Å². The van der Waals surface area contributed by atoms with Crippen LogP contribution in [0, 0.1) is 0 Å². The minimum Gasteiger partial charge on any atom is -0.433 e. The van der Waals surface area contributed by atoms with Crippen LogP contribution in [0.1, 0.15) is 25.0 Å². The number of aromatic nitrogens is 1. The quantitative estimate of drug-likeness (QED) is 0.268. The van der Waals surface area contributed by atoms with Crippen LogP contribution in [0.15, 0.2) is 53.8 Å². The van der Waals surface area contributed by atoms with Gasteiger partial charge in [0.25, 0.3) is 0 Å². The first-order valence-corrected chi connectivity index (χ1v) is 9.98. The average molecular weight is 547 g/mol. The monoisotopic (exact) mass is 547 g/mol. The van der Waals surface area contributed by atoms with Crippen LogP contribution in [-0.4, -0.2) is 54.9 Å². The third kappa shape index (κ3) is 7.46. The molecule has 1 aromatic heterocycles. The molecule has 0 amide bonds. The van der Waals surface area contributed by atoms with Crippen molar-refractivity contribution < 1.29 is 18.6 Å². The molecular formula is C21H28F2IN5O2. The number of aliphatic imine (C=N–C) groups is 1. The Bertz CT molecular complexity index is 828. The van der Waals surface area contributed by atoms with E-state index in [-0.39, 0.29) is 42.3 Å². The number of hydrogen-bond donors (Lipinski definition) is 3. The van der Waals surface area contributed by atoms with Gasteiger partial charge in [0.05, 0.1) is 18.3 Å². The van der Waals surface area contributed by atoms with Crippen molar-refractivity contribution in [2.75, 3.05) is 31.1 Å². The summed E-state index contributed by atoms with van der Waals surface area (Å²) in [6.07, 6.45) is 3.37. The SMILES string of the molecule is CCNC(=NCC(O)c1ccncc1)NC1CCN(c2ccccc2OC(F)F)C1.I. The maximum Gasteiger partial charge on any atom is 0.387 e. The summed E-state index contributed by atoms with van der Waals surface area (Å²) < 4.78 is 30.0. The van der Waals surface area contributed by atoms with Gasteiger partial charge in [-0.05, 0) is 43.2 Å². The first-order valence-electron chi connectivity index (χ1n) is 9.98. The molecule has 2 heterocycles. The van der Waals surface area contributed by atoms with Crippen molar-refractivity contribution in [1.29, 1.82) is 0 Å². The van der Waals surface area contributed by atoms with Gasteiger partial charge in [-0.1, -0.05) is 12.1 Å². The Morgan fingerprint density at radius 3 is 2.74 bits per heavy atom. The lowest BCUT2D eigenvalue weighted by Crippen LogP contribution is -2.44. The molecule has 1 aliphatic rings. The van der Waals surface area contributed by atoms with Crippen LogP contribution in [0.2, 0.25) is 0 Å². The maximum atomic E-state index is 12.7. The molecule has 1 aliphatic heterocycles. The molecule has 0 spiro atoms. The zero-order valence-electron chi connectivity index (χ0n) is 17.2. The van der Waals surface area contributed by atoms with Crippen LogP contribution >= 0.6 is 24.0 Å². The van der Waals surface area contributed by atoms with Crippen molar-refractivity contribution >= 4 is 35.6 Å². The highest BCUT2D eigenvalue weighted by Crippen LogP contribution is 2.31. The van der Waals surface area contributed by atoms with Gasteiger partial charge in [0.2, 0.25) is 0 Å². The van der Waals surface area contributed by atoms with Gasteiger partial charge >= 0.3 is 6.61 Å². The Kier molecular flexibility index (Phi) is 10.2. The third-order valence-electron chi connectivity index (χ3n) is 4.81. The second-order valence-electron chi connectivity index (χ2n) is 6.94. The van der Waals surface area contributed by atoms with Crippen LogP contribution in [0.4, 0.5) is 14.5 Å².